The lowest BCUT2D eigenvalue weighted by molar-refractivity contribution is 0.265. The van der Waals surface area contributed by atoms with Gasteiger partial charge in [0.2, 0.25) is 0 Å². The number of rotatable bonds is 12. The smallest absolute Gasteiger partial charge is 0.115 e. The van der Waals surface area contributed by atoms with Crippen LogP contribution in [0.4, 0.5) is 0 Å². The number of phenols is 1. The summed E-state index contributed by atoms with van der Waals surface area (Å²) in [4.78, 5) is 0. The summed E-state index contributed by atoms with van der Waals surface area (Å²) < 4.78 is 1.16. The molecule has 0 saturated heterocycles. The highest BCUT2D eigenvalue weighted by Crippen LogP contribution is 2.57. The van der Waals surface area contributed by atoms with Gasteiger partial charge in [-0.1, -0.05) is 107 Å². The van der Waals surface area contributed by atoms with Gasteiger partial charge in [-0.05, 0) is 71.2 Å². The SMILES string of the molecule is CCCCC(CC)CC1(CC(CC)CCCC)c2cc(O)ccc2-c2ccc(Br)cc21. The second-order valence-corrected chi connectivity index (χ2v) is 10.7. The molecule has 170 valence electrons. The van der Waals surface area contributed by atoms with Crippen LogP contribution in [-0.4, -0.2) is 5.11 Å². The quantitative estimate of drug-likeness (QED) is 0.317. The zero-order valence-electron chi connectivity index (χ0n) is 20.0. The fraction of sp³-hybridized carbons (Fsp3) is 0.586. The number of hydrogen-bond donors (Lipinski definition) is 1. The number of hydrogen-bond acceptors (Lipinski definition) is 1. The van der Waals surface area contributed by atoms with Gasteiger partial charge in [0.1, 0.15) is 5.75 Å². The first kappa shape index (κ1) is 24.4. The number of halogens is 1. The standard InChI is InChI=1S/C29H41BrO/c1-5-9-11-21(7-3)19-29(20-22(8-4)12-10-6-2)27-17-23(30)13-15-25(27)26-16-14-24(31)18-28(26)29/h13-18,21-22,31H,5-12,19-20H2,1-4H3. The number of fused-ring (bicyclic) bond motifs is 3. The molecule has 0 radical (unpaired) electrons. The van der Waals surface area contributed by atoms with Crippen molar-refractivity contribution in [2.75, 3.05) is 0 Å². The predicted molar refractivity (Wildman–Crippen MR) is 138 cm³/mol. The van der Waals surface area contributed by atoms with E-state index in [1.165, 1.54) is 86.5 Å². The molecule has 0 aliphatic heterocycles. The zero-order chi connectivity index (χ0) is 22.4. The van der Waals surface area contributed by atoms with Gasteiger partial charge < -0.3 is 5.11 Å². The molecule has 0 bridgehead atoms. The first-order chi connectivity index (χ1) is 15.0. The maximum Gasteiger partial charge on any atom is 0.115 e. The van der Waals surface area contributed by atoms with Crippen LogP contribution in [0.2, 0.25) is 0 Å². The lowest BCUT2D eigenvalue weighted by Gasteiger charge is -2.38. The summed E-state index contributed by atoms with van der Waals surface area (Å²) in [6.07, 6.45) is 12.6. The molecule has 1 nitrogen and oxygen atoms in total. The Morgan fingerprint density at radius 1 is 0.774 bits per heavy atom. The molecule has 0 spiro atoms. The third kappa shape index (κ3) is 5.21. The molecule has 31 heavy (non-hydrogen) atoms. The van der Waals surface area contributed by atoms with Crippen molar-refractivity contribution in [1.29, 1.82) is 0 Å². The van der Waals surface area contributed by atoms with Crippen molar-refractivity contribution in [3.63, 3.8) is 0 Å². The summed E-state index contributed by atoms with van der Waals surface area (Å²) in [5.41, 5.74) is 5.54. The lowest BCUT2D eigenvalue weighted by atomic mass is 9.65. The van der Waals surface area contributed by atoms with E-state index >= 15 is 0 Å². The Kier molecular flexibility index (Phi) is 8.67. The minimum Gasteiger partial charge on any atom is -0.508 e. The Labute approximate surface area is 198 Å². The minimum absolute atomic E-state index is 0.00395. The highest BCUT2D eigenvalue weighted by molar-refractivity contribution is 9.10. The van der Waals surface area contributed by atoms with Crippen LogP contribution in [0.5, 0.6) is 5.75 Å². The Balaban J connectivity index is 2.16. The van der Waals surface area contributed by atoms with E-state index in [0.29, 0.717) is 17.6 Å². The Bertz CT molecular complexity index is 784. The van der Waals surface area contributed by atoms with Crippen LogP contribution in [0.15, 0.2) is 40.9 Å². The number of benzene rings is 2. The van der Waals surface area contributed by atoms with Crippen LogP contribution in [-0.2, 0) is 5.41 Å². The van der Waals surface area contributed by atoms with Gasteiger partial charge in [0.15, 0.2) is 0 Å². The Morgan fingerprint density at radius 3 is 1.81 bits per heavy atom. The molecule has 0 heterocycles. The summed E-state index contributed by atoms with van der Waals surface area (Å²) in [5, 5.41) is 10.5. The molecule has 1 aliphatic carbocycles. The van der Waals surface area contributed by atoms with Crippen molar-refractivity contribution in [1.82, 2.24) is 0 Å². The summed E-state index contributed by atoms with van der Waals surface area (Å²) in [6.45, 7) is 9.33. The van der Waals surface area contributed by atoms with E-state index in [4.69, 9.17) is 0 Å². The molecule has 0 amide bonds. The molecule has 2 aromatic rings. The van der Waals surface area contributed by atoms with E-state index in [0.717, 1.165) is 4.47 Å². The molecular formula is C29H41BrO. The van der Waals surface area contributed by atoms with Gasteiger partial charge in [0, 0.05) is 9.89 Å². The summed E-state index contributed by atoms with van der Waals surface area (Å²) in [7, 11) is 0. The van der Waals surface area contributed by atoms with E-state index in [1.807, 2.05) is 6.07 Å². The fourth-order valence-electron chi connectivity index (χ4n) is 5.85. The van der Waals surface area contributed by atoms with Crippen LogP contribution in [0.25, 0.3) is 11.1 Å². The fourth-order valence-corrected chi connectivity index (χ4v) is 6.21. The Hall–Kier alpha value is -1.28. The molecule has 2 atom stereocenters. The van der Waals surface area contributed by atoms with Gasteiger partial charge >= 0.3 is 0 Å². The maximum absolute atomic E-state index is 10.5. The van der Waals surface area contributed by atoms with Crippen LogP contribution in [0.1, 0.15) is 103 Å². The second-order valence-electron chi connectivity index (χ2n) is 9.74. The summed E-state index contributed by atoms with van der Waals surface area (Å²) in [5.74, 6) is 1.82. The van der Waals surface area contributed by atoms with Crippen molar-refractivity contribution < 1.29 is 5.11 Å². The second kappa shape index (κ2) is 11.0. The van der Waals surface area contributed by atoms with Crippen LogP contribution < -0.4 is 0 Å². The molecule has 2 heteroatoms. The number of unbranched alkanes of at least 4 members (excludes halogenated alkanes) is 2. The molecular weight excluding hydrogens is 444 g/mol. The number of phenolic OH excluding ortho intramolecular Hbond substituents is 1. The topological polar surface area (TPSA) is 20.2 Å². The van der Waals surface area contributed by atoms with Crippen molar-refractivity contribution in [2.24, 2.45) is 11.8 Å². The van der Waals surface area contributed by atoms with Gasteiger partial charge in [-0.2, -0.15) is 0 Å². The molecule has 0 fully saturated rings. The highest BCUT2D eigenvalue weighted by atomic mass is 79.9. The van der Waals surface area contributed by atoms with E-state index in [2.05, 4.69) is 74.0 Å². The van der Waals surface area contributed by atoms with Crippen molar-refractivity contribution >= 4 is 15.9 Å². The van der Waals surface area contributed by atoms with E-state index in [9.17, 15) is 5.11 Å². The van der Waals surface area contributed by atoms with Gasteiger partial charge in [-0.25, -0.2) is 0 Å². The van der Waals surface area contributed by atoms with E-state index in [1.54, 1.807) is 0 Å². The van der Waals surface area contributed by atoms with E-state index in [-0.39, 0.29) is 5.41 Å². The highest BCUT2D eigenvalue weighted by Gasteiger charge is 2.45. The average molecular weight is 486 g/mol. The number of aromatic hydroxyl groups is 1. The van der Waals surface area contributed by atoms with Gasteiger partial charge in [0.25, 0.3) is 0 Å². The molecule has 1 aliphatic rings. The first-order valence-electron chi connectivity index (χ1n) is 12.6. The average Bonchev–Trinajstić information content (AvgIpc) is 3.02. The van der Waals surface area contributed by atoms with Gasteiger partial charge in [-0.15, -0.1) is 0 Å². The van der Waals surface area contributed by atoms with E-state index < -0.39 is 0 Å². The molecule has 0 aromatic heterocycles. The predicted octanol–water partition coefficient (Wildman–Crippen LogP) is 9.63. The molecule has 0 saturated carbocycles. The van der Waals surface area contributed by atoms with Crippen molar-refractivity contribution in [2.45, 2.75) is 97.3 Å². The minimum atomic E-state index is -0.00395. The normalized spacial score (nSPS) is 19.1. The monoisotopic (exact) mass is 484 g/mol. The third-order valence-electron chi connectivity index (χ3n) is 7.67. The third-order valence-corrected chi connectivity index (χ3v) is 8.16. The summed E-state index contributed by atoms with van der Waals surface area (Å²) in [6, 6.07) is 12.9. The first-order valence-corrected chi connectivity index (χ1v) is 13.4. The largest absolute Gasteiger partial charge is 0.508 e. The zero-order valence-corrected chi connectivity index (χ0v) is 21.6. The van der Waals surface area contributed by atoms with Crippen molar-refractivity contribution in [3.8, 4) is 16.9 Å². The molecule has 3 rings (SSSR count). The lowest BCUT2D eigenvalue weighted by Crippen LogP contribution is -2.31. The molecule has 1 N–H and O–H groups in total. The molecule has 2 aromatic carbocycles. The summed E-state index contributed by atoms with van der Waals surface area (Å²) >= 11 is 3.78. The van der Waals surface area contributed by atoms with Crippen molar-refractivity contribution in [3.05, 3.63) is 52.0 Å². The Morgan fingerprint density at radius 2 is 1.29 bits per heavy atom. The maximum atomic E-state index is 10.5. The molecule has 2 unspecified atom stereocenters. The van der Waals surface area contributed by atoms with Crippen LogP contribution in [0, 0.1) is 11.8 Å². The van der Waals surface area contributed by atoms with Gasteiger partial charge in [-0.3, -0.25) is 0 Å². The van der Waals surface area contributed by atoms with Crippen LogP contribution in [0.3, 0.4) is 0 Å². The van der Waals surface area contributed by atoms with Crippen LogP contribution >= 0.6 is 15.9 Å². The van der Waals surface area contributed by atoms with Gasteiger partial charge in [0.05, 0.1) is 0 Å².